The van der Waals surface area contributed by atoms with Crippen molar-refractivity contribution < 1.29 is 5.11 Å². The maximum Gasteiger partial charge on any atom is 0.0791 e. The van der Waals surface area contributed by atoms with Crippen LogP contribution in [0, 0.1) is 5.92 Å². The topological polar surface area (TPSA) is 38.7 Å². The maximum atomic E-state index is 10.0. The fraction of sp³-hybridized carbons (Fsp3) is 1.00. The number of rotatable bonds is 7. The fourth-order valence-electron chi connectivity index (χ4n) is 2.79. The van der Waals surface area contributed by atoms with Crippen LogP contribution in [0.1, 0.15) is 27.2 Å². The van der Waals surface area contributed by atoms with Gasteiger partial charge in [-0.15, -0.1) is 0 Å². The second kappa shape index (κ2) is 8.10. The number of hydrogen-bond acceptors (Lipinski definition) is 4. The summed E-state index contributed by atoms with van der Waals surface area (Å²) in [5, 5.41) is 13.6. The standard InChI is InChI=1S/C14H31N3O/c1-5-17(6-2)11-13(18)9-15-14-7-8-16(4)10-12(14)3/h12-15,18H,5-11H2,1-4H3. The molecule has 0 aromatic rings. The Hall–Kier alpha value is -0.160. The van der Waals surface area contributed by atoms with Crippen molar-refractivity contribution in [2.24, 2.45) is 5.92 Å². The van der Waals surface area contributed by atoms with Crippen LogP contribution in [0.25, 0.3) is 0 Å². The van der Waals surface area contributed by atoms with Crippen molar-refractivity contribution in [1.82, 2.24) is 15.1 Å². The third kappa shape index (κ3) is 5.22. The quantitative estimate of drug-likeness (QED) is 0.701. The first-order valence-electron chi connectivity index (χ1n) is 7.39. The summed E-state index contributed by atoms with van der Waals surface area (Å²) in [6.45, 7) is 12.4. The van der Waals surface area contributed by atoms with Gasteiger partial charge in [-0.05, 0) is 39.0 Å². The highest BCUT2D eigenvalue weighted by molar-refractivity contribution is 4.82. The van der Waals surface area contributed by atoms with Crippen molar-refractivity contribution in [3.63, 3.8) is 0 Å². The summed E-state index contributed by atoms with van der Waals surface area (Å²) in [4.78, 5) is 4.65. The zero-order valence-corrected chi connectivity index (χ0v) is 12.5. The molecule has 2 N–H and O–H groups in total. The number of nitrogens with zero attached hydrogens (tertiary/aromatic N) is 2. The van der Waals surface area contributed by atoms with E-state index in [1.165, 1.54) is 6.42 Å². The first-order valence-corrected chi connectivity index (χ1v) is 7.39. The number of piperidine rings is 1. The third-order valence-electron chi connectivity index (χ3n) is 4.09. The predicted molar refractivity (Wildman–Crippen MR) is 76.9 cm³/mol. The highest BCUT2D eigenvalue weighted by Crippen LogP contribution is 2.15. The third-order valence-corrected chi connectivity index (χ3v) is 4.09. The average Bonchev–Trinajstić information content (AvgIpc) is 2.35. The van der Waals surface area contributed by atoms with E-state index in [1.807, 2.05) is 0 Å². The van der Waals surface area contributed by atoms with Gasteiger partial charge in [-0.3, -0.25) is 0 Å². The summed E-state index contributed by atoms with van der Waals surface area (Å²) < 4.78 is 0. The van der Waals surface area contributed by atoms with Crippen LogP contribution in [0.5, 0.6) is 0 Å². The van der Waals surface area contributed by atoms with E-state index < -0.39 is 0 Å². The summed E-state index contributed by atoms with van der Waals surface area (Å²) in [5.41, 5.74) is 0. The van der Waals surface area contributed by atoms with Crippen molar-refractivity contribution >= 4 is 0 Å². The van der Waals surface area contributed by atoms with Gasteiger partial charge in [0.05, 0.1) is 6.10 Å². The smallest absolute Gasteiger partial charge is 0.0791 e. The second-order valence-corrected chi connectivity index (χ2v) is 5.68. The number of nitrogens with one attached hydrogen (secondary N) is 1. The molecular formula is C14H31N3O. The number of hydrogen-bond donors (Lipinski definition) is 2. The Morgan fingerprint density at radius 3 is 2.61 bits per heavy atom. The molecule has 0 bridgehead atoms. The second-order valence-electron chi connectivity index (χ2n) is 5.68. The van der Waals surface area contributed by atoms with Crippen LogP contribution < -0.4 is 5.32 Å². The lowest BCUT2D eigenvalue weighted by molar-refractivity contribution is 0.102. The molecule has 1 aliphatic heterocycles. The summed E-state index contributed by atoms with van der Waals surface area (Å²) in [7, 11) is 2.18. The first kappa shape index (κ1) is 15.9. The lowest BCUT2D eigenvalue weighted by atomic mass is 9.94. The lowest BCUT2D eigenvalue weighted by Crippen LogP contribution is -2.49. The van der Waals surface area contributed by atoms with Gasteiger partial charge in [-0.25, -0.2) is 0 Å². The number of aliphatic hydroxyl groups excluding tert-OH is 1. The number of likely N-dealkylation sites (tertiary alicyclic amines) is 1. The molecular weight excluding hydrogens is 226 g/mol. The molecule has 0 amide bonds. The minimum absolute atomic E-state index is 0.253. The van der Waals surface area contributed by atoms with Crippen LogP contribution in [-0.2, 0) is 0 Å². The van der Waals surface area contributed by atoms with Gasteiger partial charge in [0.25, 0.3) is 0 Å². The molecule has 18 heavy (non-hydrogen) atoms. The van der Waals surface area contributed by atoms with Crippen molar-refractivity contribution in [1.29, 1.82) is 0 Å². The molecule has 4 nitrogen and oxygen atoms in total. The fourth-order valence-corrected chi connectivity index (χ4v) is 2.79. The summed E-state index contributed by atoms with van der Waals surface area (Å²) >= 11 is 0. The van der Waals surface area contributed by atoms with Crippen LogP contribution in [0.4, 0.5) is 0 Å². The molecule has 0 radical (unpaired) electrons. The van der Waals surface area contributed by atoms with Crippen molar-refractivity contribution in [2.75, 3.05) is 46.3 Å². The molecule has 3 unspecified atom stereocenters. The molecule has 108 valence electrons. The van der Waals surface area contributed by atoms with E-state index in [0.717, 1.165) is 39.3 Å². The maximum absolute atomic E-state index is 10.0. The largest absolute Gasteiger partial charge is 0.390 e. The molecule has 3 atom stereocenters. The zero-order valence-electron chi connectivity index (χ0n) is 12.5. The summed E-state index contributed by atoms with van der Waals surface area (Å²) in [5.74, 6) is 0.671. The normalized spacial score (nSPS) is 27.7. The molecule has 1 heterocycles. The van der Waals surface area contributed by atoms with Gasteiger partial charge < -0.3 is 20.2 Å². The Morgan fingerprint density at radius 1 is 1.39 bits per heavy atom. The number of likely N-dealkylation sites (N-methyl/N-ethyl adjacent to an activating group) is 1. The molecule has 1 fully saturated rings. The molecule has 1 saturated heterocycles. The van der Waals surface area contributed by atoms with Crippen LogP contribution in [0.3, 0.4) is 0 Å². The van der Waals surface area contributed by atoms with Gasteiger partial charge >= 0.3 is 0 Å². The lowest BCUT2D eigenvalue weighted by Gasteiger charge is -2.36. The Labute approximate surface area is 112 Å². The molecule has 4 heteroatoms. The van der Waals surface area contributed by atoms with Gasteiger partial charge in [0.2, 0.25) is 0 Å². The molecule has 0 aromatic carbocycles. The Morgan fingerprint density at radius 2 is 2.06 bits per heavy atom. The van der Waals surface area contributed by atoms with Crippen LogP contribution in [0.2, 0.25) is 0 Å². The van der Waals surface area contributed by atoms with E-state index in [4.69, 9.17) is 0 Å². The molecule has 0 aromatic heterocycles. The van der Waals surface area contributed by atoms with E-state index in [9.17, 15) is 5.11 Å². The molecule has 0 saturated carbocycles. The van der Waals surface area contributed by atoms with Crippen molar-refractivity contribution in [3.8, 4) is 0 Å². The number of aliphatic hydroxyl groups is 1. The van der Waals surface area contributed by atoms with E-state index in [2.05, 4.69) is 42.9 Å². The van der Waals surface area contributed by atoms with Gasteiger partial charge in [-0.1, -0.05) is 20.8 Å². The highest BCUT2D eigenvalue weighted by atomic mass is 16.3. The molecule has 1 rings (SSSR count). The van der Waals surface area contributed by atoms with E-state index in [-0.39, 0.29) is 6.10 Å². The average molecular weight is 257 g/mol. The highest BCUT2D eigenvalue weighted by Gasteiger charge is 2.24. The van der Waals surface area contributed by atoms with E-state index in [1.54, 1.807) is 0 Å². The van der Waals surface area contributed by atoms with Crippen molar-refractivity contribution in [3.05, 3.63) is 0 Å². The Kier molecular flexibility index (Phi) is 7.15. The van der Waals surface area contributed by atoms with Gasteiger partial charge in [0.15, 0.2) is 0 Å². The Balaban J connectivity index is 2.23. The van der Waals surface area contributed by atoms with Crippen LogP contribution in [-0.4, -0.2) is 73.4 Å². The van der Waals surface area contributed by atoms with Crippen molar-refractivity contribution in [2.45, 2.75) is 39.3 Å². The zero-order chi connectivity index (χ0) is 13.5. The van der Waals surface area contributed by atoms with Crippen LogP contribution >= 0.6 is 0 Å². The minimum Gasteiger partial charge on any atom is -0.390 e. The van der Waals surface area contributed by atoms with Gasteiger partial charge in [-0.2, -0.15) is 0 Å². The molecule has 0 spiro atoms. The Bertz CT molecular complexity index is 221. The monoisotopic (exact) mass is 257 g/mol. The van der Waals surface area contributed by atoms with Gasteiger partial charge in [0.1, 0.15) is 0 Å². The van der Waals surface area contributed by atoms with E-state index in [0.29, 0.717) is 12.0 Å². The predicted octanol–water partition coefficient (Wildman–Crippen LogP) is 0.619. The first-order chi connectivity index (χ1) is 8.56. The SMILES string of the molecule is CCN(CC)CC(O)CNC1CCN(C)CC1C. The van der Waals surface area contributed by atoms with Gasteiger partial charge in [0, 0.05) is 25.7 Å². The minimum atomic E-state index is -0.253. The molecule has 1 aliphatic rings. The summed E-state index contributed by atoms with van der Waals surface area (Å²) in [6, 6.07) is 0.563. The van der Waals surface area contributed by atoms with E-state index >= 15 is 0 Å². The van der Waals surface area contributed by atoms with Crippen LogP contribution in [0.15, 0.2) is 0 Å². The summed E-state index contributed by atoms with van der Waals surface area (Å²) in [6.07, 6.45) is 0.937. The molecule has 0 aliphatic carbocycles.